The molecule has 4 rings (SSSR count). The van der Waals surface area contributed by atoms with E-state index in [1.807, 2.05) is 0 Å². The van der Waals surface area contributed by atoms with Crippen LogP contribution in [0.1, 0.15) is 17.7 Å². The maximum absolute atomic E-state index is 14.6. The van der Waals surface area contributed by atoms with Gasteiger partial charge in [0.2, 0.25) is 5.91 Å². The number of aromatic nitrogens is 2. The molecule has 3 aromatic carbocycles. The molecule has 1 heterocycles. The number of halogens is 4. The molecule has 0 aliphatic rings. The highest BCUT2D eigenvalue weighted by Gasteiger charge is 2.18. The number of benzene rings is 3. The van der Waals surface area contributed by atoms with Gasteiger partial charge in [0.1, 0.15) is 5.75 Å². The van der Waals surface area contributed by atoms with Crippen LogP contribution in [0.25, 0.3) is 16.9 Å². The lowest BCUT2D eigenvalue weighted by Crippen LogP contribution is -2.23. The number of hydrogen-bond donors (Lipinski definition) is 1. The van der Waals surface area contributed by atoms with Gasteiger partial charge in [-0.15, -0.1) is 0 Å². The Balaban J connectivity index is 1.53. The number of rotatable bonds is 8. The minimum atomic E-state index is -0.965. The summed E-state index contributed by atoms with van der Waals surface area (Å²) in [5.41, 5.74) is 2.46. The van der Waals surface area contributed by atoms with Gasteiger partial charge in [-0.3, -0.25) is 4.79 Å². The van der Waals surface area contributed by atoms with Crippen LogP contribution in [0.5, 0.6) is 5.75 Å². The van der Waals surface area contributed by atoms with Gasteiger partial charge in [-0.1, -0.05) is 35.3 Å². The molecule has 0 atom stereocenters. The lowest BCUT2D eigenvalue weighted by molar-refractivity contribution is -0.121. The normalized spacial score (nSPS) is 10.9. The predicted octanol–water partition coefficient (Wildman–Crippen LogP) is 6.38. The second kappa shape index (κ2) is 10.9. The van der Waals surface area contributed by atoms with Crippen molar-refractivity contribution in [3.8, 4) is 22.7 Å². The van der Waals surface area contributed by atoms with Crippen molar-refractivity contribution in [2.75, 3.05) is 7.11 Å². The number of hydrogen-bond acceptors (Lipinski definition) is 3. The Morgan fingerprint density at radius 1 is 1.03 bits per heavy atom. The van der Waals surface area contributed by atoms with Crippen molar-refractivity contribution in [3.63, 3.8) is 0 Å². The summed E-state index contributed by atoms with van der Waals surface area (Å²) in [5, 5.41) is 8.26. The standard InChI is InChI=1S/C26H21Cl2F2N3O2/c1-35-19-9-7-18(8-10-19)33-24(20-3-2-4-23(29)26(20)30)14-17(32-33)6-12-25(34)31-15-16-5-11-21(27)22(28)13-16/h2-5,7-11,13-14H,6,12,15H2,1H3,(H,31,34). The van der Waals surface area contributed by atoms with Gasteiger partial charge in [-0.2, -0.15) is 5.10 Å². The van der Waals surface area contributed by atoms with Crippen molar-refractivity contribution in [2.24, 2.45) is 0 Å². The number of nitrogens with one attached hydrogen (secondary N) is 1. The van der Waals surface area contributed by atoms with E-state index in [2.05, 4.69) is 10.4 Å². The minimum Gasteiger partial charge on any atom is -0.497 e. The van der Waals surface area contributed by atoms with Crippen molar-refractivity contribution < 1.29 is 18.3 Å². The highest BCUT2D eigenvalue weighted by Crippen LogP contribution is 2.29. The molecule has 9 heteroatoms. The van der Waals surface area contributed by atoms with Crippen molar-refractivity contribution >= 4 is 29.1 Å². The van der Waals surface area contributed by atoms with E-state index in [1.54, 1.807) is 55.6 Å². The van der Waals surface area contributed by atoms with E-state index in [-0.39, 0.29) is 17.9 Å². The Bertz CT molecular complexity index is 1360. The van der Waals surface area contributed by atoms with E-state index >= 15 is 0 Å². The maximum atomic E-state index is 14.6. The molecule has 0 bridgehead atoms. The van der Waals surface area contributed by atoms with E-state index < -0.39 is 11.6 Å². The SMILES string of the molecule is COc1ccc(-n2nc(CCC(=O)NCc3ccc(Cl)c(Cl)c3)cc2-c2cccc(F)c2F)cc1. The Morgan fingerprint density at radius 2 is 1.80 bits per heavy atom. The summed E-state index contributed by atoms with van der Waals surface area (Å²) < 4.78 is 35.3. The summed E-state index contributed by atoms with van der Waals surface area (Å²) in [6, 6.07) is 17.8. The van der Waals surface area contributed by atoms with Crippen molar-refractivity contribution in [2.45, 2.75) is 19.4 Å². The summed E-state index contributed by atoms with van der Waals surface area (Å²) in [6.45, 7) is 0.301. The third-order valence-electron chi connectivity index (χ3n) is 5.39. The van der Waals surface area contributed by atoms with E-state index in [0.29, 0.717) is 45.8 Å². The van der Waals surface area contributed by atoms with Gasteiger partial charge in [0.25, 0.3) is 0 Å². The average molecular weight is 516 g/mol. The van der Waals surface area contributed by atoms with E-state index in [0.717, 1.165) is 11.6 Å². The van der Waals surface area contributed by atoms with Crippen LogP contribution < -0.4 is 10.1 Å². The van der Waals surface area contributed by atoms with Gasteiger partial charge in [0, 0.05) is 24.9 Å². The van der Waals surface area contributed by atoms with Gasteiger partial charge in [0.15, 0.2) is 11.6 Å². The van der Waals surface area contributed by atoms with Crippen LogP contribution in [0.2, 0.25) is 10.0 Å². The molecule has 35 heavy (non-hydrogen) atoms. The molecule has 0 saturated heterocycles. The Kier molecular flexibility index (Phi) is 7.68. The first kappa shape index (κ1) is 24.7. The lowest BCUT2D eigenvalue weighted by Gasteiger charge is -2.09. The van der Waals surface area contributed by atoms with Crippen LogP contribution in [-0.2, 0) is 17.8 Å². The minimum absolute atomic E-state index is 0.0728. The largest absolute Gasteiger partial charge is 0.497 e. The Labute approximate surface area is 211 Å². The molecule has 180 valence electrons. The van der Waals surface area contributed by atoms with Crippen molar-refractivity contribution in [1.29, 1.82) is 0 Å². The summed E-state index contributed by atoms with van der Waals surface area (Å²) in [6.07, 6.45) is 0.465. The average Bonchev–Trinajstić information content (AvgIpc) is 3.29. The molecule has 0 spiro atoms. The molecule has 0 radical (unpaired) electrons. The van der Waals surface area contributed by atoms with Crippen LogP contribution in [-0.4, -0.2) is 22.8 Å². The molecule has 0 unspecified atom stereocenters. The zero-order valence-electron chi connectivity index (χ0n) is 18.7. The molecule has 0 aliphatic heterocycles. The quantitative estimate of drug-likeness (QED) is 0.296. The van der Waals surface area contributed by atoms with E-state index in [9.17, 15) is 13.6 Å². The zero-order valence-corrected chi connectivity index (χ0v) is 20.2. The fraction of sp³-hybridized carbons (Fsp3) is 0.154. The molecule has 0 aliphatic carbocycles. The fourth-order valence-corrected chi connectivity index (χ4v) is 3.87. The topological polar surface area (TPSA) is 56.2 Å². The molecule has 0 saturated carbocycles. The molecule has 5 nitrogen and oxygen atoms in total. The molecule has 1 N–H and O–H groups in total. The second-order valence-electron chi connectivity index (χ2n) is 7.76. The molecular formula is C26H21Cl2F2N3O2. The predicted molar refractivity (Wildman–Crippen MR) is 132 cm³/mol. The highest BCUT2D eigenvalue weighted by atomic mass is 35.5. The molecular weight excluding hydrogens is 495 g/mol. The number of amides is 1. The summed E-state index contributed by atoms with van der Waals surface area (Å²) >= 11 is 11.9. The molecule has 1 amide bonds. The van der Waals surface area contributed by atoms with Gasteiger partial charge >= 0.3 is 0 Å². The van der Waals surface area contributed by atoms with Gasteiger partial charge < -0.3 is 10.1 Å². The number of nitrogens with zero attached hydrogens (tertiary/aromatic N) is 2. The molecule has 0 fully saturated rings. The van der Waals surface area contributed by atoms with Crippen LogP contribution >= 0.6 is 23.2 Å². The van der Waals surface area contributed by atoms with Crippen LogP contribution in [0, 0.1) is 11.6 Å². The number of carbonyl (C=O) groups is 1. The van der Waals surface area contributed by atoms with Crippen LogP contribution in [0.15, 0.2) is 66.7 Å². The third kappa shape index (κ3) is 5.81. The number of aryl methyl sites for hydroxylation is 1. The number of methoxy groups -OCH3 is 1. The van der Waals surface area contributed by atoms with Crippen molar-refractivity contribution in [3.05, 3.63) is 99.7 Å². The first-order valence-corrected chi connectivity index (χ1v) is 11.5. The Morgan fingerprint density at radius 3 is 2.51 bits per heavy atom. The monoisotopic (exact) mass is 515 g/mol. The summed E-state index contributed by atoms with van der Waals surface area (Å²) in [4.78, 5) is 12.4. The smallest absolute Gasteiger partial charge is 0.220 e. The van der Waals surface area contributed by atoms with Gasteiger partial charge in [0.05, 0.1) is 34.2 Å². The number of carbonyl (C=O) groups excluding carboxylic acids is 1. The maximum Gasteiger partial charge on any atom is 0.220 e. The van der Waals surface area contributed by atoms with Gasteiger partial charge in [-0.05, 0) is 60.2 Å². The fourth-order valence-electron chi connectivity index (χ4n) is 3.55. The van der Waals surface area contributed by atoms with Crippen molar-refractivity contribution in [1.82, 2.24) is 15.1 Å². The third-order valence-corrected chi connectivity index (χ3v) is 6.13. The first-order valence-electron chi connectivity index (χ1n) is 10.7. The number of ether oxygens (including phenoxy) is 1. The van der Waals surface area contributed by atoms with Crippen LogP contribution in [0.4, 0.5) is 8.78 Å². The summed E-state index contributed by atoms with van der Waals surface area (Å²) in [5.74, 6) is -1.45. The Hall–Kier alpha value is -3.42. The molecule has 4 aromatic rings. The van der Waals surface area contributed by atoms with E-state index in [1.165, 1.54) is 16.8 Å². The van der Waals surface area contributed by atoms with E-state index in [4.69, 9.17) is 27.9 Å². The molecule has 1 aromatic heterocycles. The highest BCUT2D eigenvalue weighted by molar-refractivity contribution is 6.42. The second-order valence-corrected chi connectivity index (χ2v) is 8.57. The lowest BCUT2D eigenvalue weighted by atomic mass is 10.1. The van der Waals surface area contributed by atoms with Gasteiger partial charge in [-0.25, -0.2) is 13.5 Å². The van der Waals surface area contributed by atoms with Crippen LogP contribution in [0.3, 0.4) is 0 Å². The zero-order chi connectivity index (χ0) is 24.9. The first-order chi connectivity index (χ1) is 16.9. The summed E-state index contributed by atoms with van der Waals surface area (Å²) in [7, 11) is 1.56.